The Labute approximate surface area is 156 Å². The van der Waals surface area contributed by atoms with E-state index in [-0.39, 0.29) is 5.92 Å². The second-order valence-electron chi connectivity index (χ2n) is 6.46. The Morgan fingerprint density at radius 3 is 2.76 bits per heavy atom. The summed E-state index contributed by atoms with van der Waals surface area (Å²) in [6.07, 6.45) is 0.917. The standard InChI is InChI=1S/C18H16BrF3N2S/c19-12-2-4-14-15(9-12)25-16-8-11(18(20,21)22)7-10(17(16)24-14)1-3-13-5-6-23-13/h2,4,7-10,13,23H,1,3,5-6H2. The lowest BCUT2D eigenvalue weighted by molar-refractivity contribution is -0.0886. The Bertz CT molecular complexity index is 794. The summed E-state index contributed by atoms with van der Waals surface area (Å²) in [6.45, 7) is 1.00. The van der Waals surface area contributed by atoms with Crippen LogP contribution in [0.25, 0.3) is 0 Å². The lowest BCUT2D eigenvalue weighted by Crippen LogP contribution is -2.43. The van der Waals surface area contributed by atoms with E-state index in [0.717, 1.165) is 40.2 Å². The molecule has 2 atom stereocenters. The monoisotopic (exact) mass is 428 g/mol. The van der Waals surface area contributed by atoms with Crippen LogP contribution in [0.4, 0.5) is 18.9 Å². The van der Waals surface area contributed by atoms with Crippen LogP contribution in [0, 0.1) is 5.92 Å². The topological polar surface area (TPSA) is 24.4 Å². The van der Waals surface area contributed by atoms with Gasteiger partial charge in [-0.25, -0.2) is 0 Å². The summed E-state index contributed by atoms with van der Waals surface area (Å²) < 4.78 is 40.9. The predicted molar refractivity (Wildman–Crippen MR) is 98.4 cm³/mol. The number of alkyl halides is 3. The van der Waals surface area contributed by atoms with Gasteiger partial charge < -0.3 is 5.32 Å². The first-order chi connectivity index (χ1) is 11.9. The lowest BCUT2D eigenvalue weighted by atomic mass is 9.87. The number of aliphatic imine (C=N–C) groups is 1. The van der Waals surface area contributed by atoms with Crippen molar-refractivity contribution in [2.24, 2.45) is 10.9 Å². The number of rotatable bonds is 3. The van der Waals surface area contributed by atoms with E-state index in [0.29, 0.717) is 17.4 Å². The van der Waals surface area contributed by atoms with E-state index in [4.69, 9.17) is 4.99 Å². The maximum atomic E-state index is 13.3. The summed E-state index contributed by atoms with van der Waals surface area (Å²) in [5.74, 6) is -0.289. The first kappa shape index (κ1) is 17.4. The molecular formula is C18H16BrF3N2S. The highest BCUT2D eigenvalue weighted by Gasteiger charge is 2.38. The minimum Gasteiger partial charge on any atom is -0.314 e. The normalized spacial score (nSPS) is 25.2. The number of thioether (sulfide) groups is 1. The van der Waals surface area contributed by atoms with Crippen LogP contribution >= 0.6 is 27.7 Å². The second-order valence-corrected chi connectivity index (χ2v) is 8.46. The summed E-state index contributed by atoms with van der Waals surface area (Å²) in [4.78, 5) is 6.20. The van der Waals surface area contributed by atoms with Gasteiger partial charge >= 0.3 is 6.18 Å². The van der Waals surface area contributed by atoms with Gasteiger partial charge in [0.2, 0.25) is 0 Å². The molecule has 1 fully saturated rings. The minimum atomic E-state index is -4.33. The molecule has 0 amide bonds. The molecule has 2 unspecified atom stereocenters. The van der Waals surface area contributed by atoms with Gasteiger partial charge in [0.25, 0.3) is 0 Å². The number of nitrogens with one attached hydrogen (secondary N) is 1. The van der Waals surface area contributed by atoms with Crippen LogP contribution < -0.4 is 5.32 Å². The van der Waals surface area contributed by atoms with Crippen LogP contribution in [-0.4, -0.2) is 24.5 Å². The predicted octanol–water partition coefficient (Wildman–Crippen LogP) is 5.77. The fourth-order valence-corrected chi connectivity index (χ4v) is 4.88. The van der Waals surface area contributed by atoms with Gasteiger partial charge in [0.05, 0.1) is 17.0 Å². The van der Waals surface area contributed by atoms with Gasteiger partial charge in [-0.1, -0.05) is 33.8 Å². The molecule has 3 aliphatic rings. The maximum absolute atomic E-state index is 13.3. The number of allylic oxidation sites excluding steroid dienone is 4. The van der Waals surface area contributed by atoms with Crippen LogP contribution in [0.2, 0.25) is 0 Å². The third kappa shape index (κ3) is 3.59. The summed E-state index contributed by atoms with van der Waals surface area (Å²) in [6, 6.07) is 6.15. The molecule has 1 aliphatic carbocycles. The molecule has 1 saturated heterocycles. The number of benzene rings is 1. The molecule has 0 spiro atoms. The van der Waals surface area contributed by atoms with Gasteiger partial charge in [-0.3, -0.25) is 4.99 Å². The summed E-state index contributed by atoms with van der Waals surface area (Å²) in [5, 5.41) is 3.31. The highest BCUT2D eigenvalue weighted by atomic mass is 79.9. The smallest absolute Gasteiger partial charge is 0.314 e. The number of fused-ring (bicyclic) bond motifs is 2. The van der Waals surface area contributed by atoms with Crippen molar-refractivity contribution >= 4 is 39.1 Å². The van der Waals surface area contributed by atoms with Gasteiger partial charge in [0.1, 0.15) is 0 Å². The summed E-state index contributed by atoms with van der Waals surface area (Å²) in [7, 11) is 0. The highest BCUT2D eigenvalue weighted by Crippen LogP contribution is 2.47. The zero-order valence-electron chi connectivity index (χ0n) is 13.2. The SMILES string of the molecule is FC(F)(F)C1=CC(CCC2CCN2)C2=Nc3ccc(Br)cc3SC2=C1. The molecule has 25 heavy (non-hydrogen) atoms. The molecule has 1 aromatic carbocycles. The molecule has 0 bridgehead atoms. The molecule has 4 rings (SSSR count). The number of nitrogens with zero attached hydrogens (tertiary/aromatic N) is 1. The van der Waals surface area contributed by atoms with Gasteiger partial charge in [0, 0.05) is 26.2 Å². The first-order valence-electron chi connectivity index (χ1n) is 8.20. The Kier molecular flexibility index (Phi) is 4.58. The Morgan fingerprint density at radius 2 is 2.08 bits per heavy atom. The van der Waals surface area contributed by atoms with E-state index >= 15 is 0 Å². The van der Waals surface area contributed by atoms with E-state index < -0.39 is 11.7 Å². The van der Waals surface area contributed by atoms with E-state index in [1.165, 1.54) is 23.9 Å². The molecule has 1 aromatic rings. The van der Waals surface area contributed by atoms with Crippen molar-refractivity contribution in [1.29, 1.82) is 0 Å². The molecule has 2 heterocycles. The second kappa shape index (κ2) is 6.59. The Hall–Kier alpha value is -1.05. The minimum absolute atomic E-state index is 0.289. The number of hydrogen-bond acceptors (Lipinski definition) is 3. The molecule has 1 N–H and O–H groups in total. The van der Waals surface area contributed by atoms with Gasteiger partial charge in [-0.15, -0.1) is 0 Å². The highest BCUT2D eigenvalue weighted by molar-refractivity contribution is 9.10. The van der Waals surface area contributed by atoms with Crippen molar-refractivity contribution in [2.75, 3.05) is 6.54 Å². The molecule has 7 heteroatoms. The number of hydrogen-bond donors (Lipinski definition) is 1. The molecular weight excluding hydrogens is 413 g/mol. The van der Waals surface area contributed by atoms with Crippen molar-refractivity contribution in [1.82, 2.24) is 5.32 Å². The largest absolute Gasteiger partial charge is 0.416 e. The van der Waals surface area contributed by atoms with Gasteiger partial charge in [-0.05, 0) is 50.1 Å². The Balaban J connectivity index is 1.68. The Morgan fingerprint density at radius 1 is 1.28 bits per heavy atom. The van der Waals surface area contributed by atoms with Crippen molar-refractivity contribution in [3.63, 3.8) is 0 Å². The average molecular weight is 429 g/mol. The van der Waals surface area contributed by atoms with Crippen molar-refractivity contribution in [2.45, 2.75) is 36.4 Å². The summed E-state index contributed by atoms with van der Waals surface area (Å²) >= 11 is 4.79. The van der Waals surface area contributed by atoms with Gasteiger partial charge in [-0.2, -0.15) is 13.2 Å². The zero-order valence-corrected chi connectivity index (χ0v) is 15.6. The van der Waals surface area contributed by atoms with Crippen LogP contribution in [0.1, 0.15) is 19.3 Å². The lowest BCUT2D eigenvalue weighted by Gasteiger charge is -2.31. The number of halogens is 4. The van der Waals surface area contributed by atoms with Crippen LogP contribution in [0.5, 0.6) is 0 Å². The molecule has 2 nitrogen and oxygen atoms in total. The fourth-order valence-electron chi connectivity index (χ4n) is 3.24. The van der Waals surface area contributed by atoms with Crippen LogP contribution in [0.3, 0.4) is 0 Å². The maximum Gasteiger partial charge on any atom is 0.416 e. The van der Waals surface area contributed by atoms with E-state index in [1.54, 1.807) is 0 Å². The molecule has 0 saturated carbocycles. The van der Waals surface area contributed by atoms with Crippen molar-refractivity contribution in [3.05, 3.63) is 45.3 Å². The van der Waals surface area contributed by atoms with Gasteiger partial charge in [0.15, 0.2) is 0 Å². The van der Waals surface area contributed by atoms with Crippen molar-refractivity contribution < 1.29 is 13.2 Å². The van der Waals surface area contributed by atoms with E-state index in [1.807, 2.05) is 18.2 Å². The first-order valence-corrected chi connectivity index (χ1v) is 9.81. The van der Waals surface area contributed by atoms with Crippen LogP contribution in [0.15, 0.2) is 55.2 Å². The molecule has 0 radical (unpaired) electrons. The quantitative estimate of drug-likeness (QED) is 0.660. The van der Waals surface area contributed by atoms with E-state index in [2.05, 4.69) is 21.2 Å². The summed E-state index contributed by atoms with van der Waals surface area (Å²) in [5.41, 5.74) is 1.04. The average Bonchev–Trinajstić information content (AvgIpc) is 2.50. The van der Waals surface area contributed by atoms with Crippen LogP contribution in [-0.2, 0) is 0 Å². The molecule has 132 valence electrons. The van der Waals surface area contributed by atoms with Crippen molar-refractivity contribution in [3.8, 4) is 0 Å². The van der Waals surface area contributed by atoms with E-state index in [9.17, 15) is 13.2 Å². The molecule has 2 aliphatic heterocycles. The third-order valence-electron chi connectivity index (χ3n) is 4.73. The molecule has 0 aromatic heterocycles. The zero-order chi connectivity index (χ0) is 17.6. The fraction of sp³-hybridized carbons (Fsp3) is 0.389. The third-order valence-corrected chi connectivity index (χ3v) is 6.32.